The van der Waals surface area contributed by atoms with Crippen molar-refractivity contribution in [2.45, 2.75) is 6.04 Å². The summed E-state index contributed by atoms with van der Waals surface area (Å²) in [5, 5.41) is 14.7. The van der Waals surface area contributed by atoms with Gasteiger partial charge in [0.05, 0.1) is 18.7 Å². The second kappa shape index (κ2) is 11.5. The molecule has 2 heterocycles. The lowest BCUT2D eigenvalue weighted by Gasteiger charge is -2.31. The highest BCUT2D eigenvalue weighted by atomic mass is 16.5. The molecule has 1 atom stereocenters. The predicted molar refractivity (Wildman–Crippen MR) is 144 cm³/mol. The molecule has 8 nitrogen and oxygen atoms in total. The number of carbonyl (C=O) groups is 2. The van der Waals surface area contributed by atoms with Gasteiger partial charge in [-0.25, -0.2) is 0 Å². The number of hydrogen-bond acceptors (Lipinski definition) is 7. The van der Waals surface area contributed by atoms with Gasteiger partial charge in [0.2, 0.25) is 0 Å². The van der Waals surface area contributed by atoms with Crippen LogP contribution in [0.3, 0.4) is 0 Å². The van der Waals surface area contributed by atoms with Gasteiger partial charge in [-0.05, 0) is 54.1 Å². The summed E-state index contributed by atoms with van der Waals surface area (Å²) >= 11 is 0. The van der Waals surface area contributed by atoms with E-state index in [9.17, 15) is 14.7 Å². The first-order valence-corrected chi connectivity index (χ1v) is 12.7. The van der Waals surface area contributed by atoms with E-state index in [1.807, 2.05) is 54.6 Å². The van der Waals surface area contributed by atoms with E-state index in [4.69, 9.17) is 9.47 Å². The average molecular weight is 514 g/mol. The summed E-state index contributed by atoms with van der Waals surface area (Å²) in [6.45, 7) is 4.52. The highest BCUT2D eigenvalue weighted by Crippen LogP contribution is 2.40. The zero-order chi connectivity index (χ0) is 26.5. The minimum atomic E-state index is -0.751. The lowest BCUT2D eigenvalue weighted by atomic mass is 9.95. The molecule has 38 heavy (non-hydrogen) atoms. The Hall–Kier alpha value is -4.14. The zero-order valence-electron chi connectivity index (χ0n) is 21.3. The summed E-state index contributed by atoms with van der Waals surface area (Å²) in [5.74, 6) is 0.351. The van der Waals surface area contributed by atoms with Crippen molar-refractivity contribution < 1.29 is 24.2 Å². The van der Waals surface area contributed by atoms with Crippen molar-refractivity contribution in [3.05, 3.63) is 95.6 Å². The van der Waals surface area contributed by atoms with Gasteiger partial charge in [0, 0.05) is 44.8 Å². The van der Waals surface area contributed by atoms with Gasteiger partial charge in [-0.15, -0.1) is 0 Å². The van der Waals surface area contributed by atoms with Crippen molar-refractivity contribution in [3.8, 4) is 17.2 Å². The Morgan fingerprint density at radius 1 is 0.895 bits per heavy atom. The fraction of sp³-hybridized carbons (Fsp3) is 0.267. The first-order chi connectivity index (χ1) is 18.5. The number of para-hydroxylation sites is 1. The third-order valence-corrected chi connectivity index (χ3v) is 6.92. The maximum atomic E-state index is 13.4. The van der Waals surface area contributed by atoms with Gasteiger partial charge in [-0.3, -0.25) is 14.5 Å². The van der Waals surface area contributed by atoms with Gasteiger partial charge in [-0.2, -0.15) is 0 Å². The number of nitrogens with one attached hydrogen (secondary N) is 1. The van der Waals surface area contributed by atoms with Crippen LogP contribution < -0.4 is 14.8 Å². The Morgan fingerprint density at radius 2 is 1.61 bits per heavy atom. The number of rotatable bonds is 8. The molecule has 5 rings (SSSR count). The van der Waals surface area contributed by atoms with E-state index in [-0.39, 0.29) is 11.3 Å². The number of carbonyl (C=O) groups excluding carboxylic acids is 2. The van der Waals surface area contributed by atoms with Crippen molar-refractivity contribution >= 4 is 17.4 Å². The highest BCUT2D eigenvalue weighted by molar-refractivity contribution is 6.46. The van der Waals surface area contributed by atoms with Crippen LogP contribution in [0.25, 0.3) is 5.76 Å². The molecule has 3 aromatic rings. The van der Waals surface area contributed by atoms with Crippen LogP contribution in [-0.2, 0) is 9.59 Å². The van der Waals surface area contributed by atoms with Crippen molar-refractivity contribution in [2.24, 2.45) is 0 Å². The van der Waals surface area contributed by atoms with Gasteiger partial charge in [0.15, 0.2) is 0 Å². The van der Waals surface area contributed by atoms with Gasteiger partial charge in [0.25, 0.3) is 11.7 Å². The molecule has 1 amide bonds. The van der Waals surface area contributed by atoms with Gasteiger partial charge in [0.1, 0.15) is 23.0 Å². The molecule has 3 aromatic carbocycles. The molecule has 2 saturated heterocycles. The molecule has 8 heteroatoms. The van der Waals surface area contributed by atoms with E-state index < -0.39 is 17.7 Å². The third kappa shape index (κ3) is 5.41. The average Bonchev–Trinajstić information content (AvgIpc) is 3.22. The zero-order valence-corrected chi connectivity index (χ0v) is 21.3. The van der Waals surface area contributed by atoms with Crippen LogP contribution in [0.4, 0.5) is 0 Å². The third-order valence-electron chi connectivity index (χ3n) is 6.92. The number of methoxy groups -OCH3 is 1. The van der Waals surface area contributed by atoms with Crippen LogP contribution in [-0.4, -0.2) is 73.0 Å². The standard InChI is InChI=1S/C30H31N3O5/c1-37-23-12-10-21(11-13-23)28(34)26-27(22-6-5-9-25(20-22)38-24-7-3-2-4-8-24)33(30(36)29(26)35)19-18-32-16-14-31-15-17-32/h2-13,20,27,31,34H,14-19H2,1H3/b28-26+. The Kier molecular flexibility index (Phi) is 7.72. The fourth-order valence-electron chi connectivity index (χ4n) is 4.92. The quantitative estimate of drug-likeness (QED) is 0.269. The van der Waals surface area contributed by atoms with Crippen LogP contribution in [0, 0.1) is 0 Å². The summed E-state index contributed by atoms with van der Waals surface area (Å²) in [6, 6.07) is 22.7. The molecule has 196 valence electrons. The predicted octanol–water partition coefficient (Wildman–Crippen LogP) is 3.81. The molecule has 0 aromatic heterocycles. The number of likely N-dealkylation sites (tertiary alicyclic amines) is 1. The monoisotopic (exact) mass is 513 g/mol. The number of aliphatic hydroxyl groups is 1. The summed E-state index contributed by atoms with van der Waals surface area (Å²) in [7, 11) is 1.56. The number of ether oxygens (including phenoxy) is 2. The fourth-order valence-corrected chi connectivity index (χ4v) is 4.92. The summed E-state index contributed by atoms with van der Waals surface area (Å²) in [4.78, 5) is 30.5. The Balaban J connectivity index is 1.53. The van der Waals surface area contributed by atoms with E-state index >= 15 is 0 Å². The van der Waals surface area contributed by atoms with Crippen LogP contribution in [0.2, 0.25) is 0 Å². The number of piperazine rings is 1. The van der Waals surface area contributed by atoms with Crippen molar-refractivity contribution in [3.63, 3.8) is 0 Å². The topological polar surface area (TPSA) is 91.3 Å². The maximum Gasteiger partial charge on any atom is 0.295 e. The lowest BCUT2D eigenvalue weighted by Crippen LogP contribution is -2.46. The Bertz CT molecular complexity index is 1320. The number of hydrogen-bond donors (Lipinski definition) is 2. The van der Waals surface area contributed by atoms with Crippen LogP contribution in [0.5, 0.6) is 17.2 Å². The van der Waals surface area contributed by atoms with E-state index in [2.05, 4.69) is 10.2 Å². The summed E-state index contributed by atoms with van der Waals surface area (Å²) < 4.78 is 11.3. The normalized spacial score (nSPS) is 19.5. The Morgan fingerprint density at radius 3 is 2.32 bits per heavy atom. The molecule has 2 N–H and O–H groups in total. The van der Waals surface area contributed by atoms with E-state index in [1.165, 1.54) is 0 Å². The van der Waals surface area contributed by atoms with Crippen LogP contribution in [0.1, 0.15) is 17.2 Å². The van der Waals surface area contributed by atoms with E-state index in [0.717, 1.165) is 26.2 Å². The second-order valence-corrected chi connectivity index (χ2v) is 9.30. The molecule has 1 unspecified atom stereocenters. The first-order valence-electron chi connectivity index (χ1n) is 12.7. The van der Waals surface area contributed by atoms with Gasteiger partial charge in [-0.1, -0.05) is 30.3 Å². The van der Waals surface area contributed by atoms with Crippen molar-refractivity contribution in [1.82, 2.24) is 15.1 Å². The summed E-state index contributed by atoms with van der Waals surface area (Å²) in [5.41, 5.74) is 1.19. The van der Waals surface area contributed by atoms with E-state index in [0.29, 0.717) is 41.5 Å². The number of Topliss-reactive ketones (excluding diaryl/α,β-unsaturated/α-hetero) is 1. The molecule has 2 fully saturated rings. The van der Waals surface area contributed by atoms with Crippen molar-refractivity contribution in [2.75, 3.05) is 46.4 Å². The number of amides is 1. The molecular formula is C30H31N3O5. The largest absolute Gasteiger partial charge is 0.507 e. The first kappa shape index (κ1) is 25.5. The minimum absolute atomic E-state index is 0.0670. The molecule has 0 spiro atoms. The van der Waals surface area contributed by atoms with Crippen LogP contribution in [0.15, 0.2) is 84.4 Å². The maximum absolute atomic E-state index is 13.4. The van der Waals surface area contributed by atoms with E-state index in [1.54, 1.807) is 36.3 Å². The number of aliphatic hydroxyl groups excluding tert-OH is 1. The Labute approximate surface area is 222 Å². The number of ketones is 1. The van der Waals surface area contributed by atoms with Crippen molar-refractivity contribution in [1.29, 1.82) is 0 Å². The lowest BCUT2D eigenvalue weighted by molar-refractivity contribution is -0.140. The highest BCUT2D eigenvalue weighted by Gasteiger charge is 2.46. The molecule has 2 aliphatic rings. The van der Waals surface area contributed by atoms with Gasteiger partial charge >= 0.3 is 0 Å². The molecule has 2 aliphatic heterocycles. The second-order valence-electron chi connectivity index (χ2n) is 9.30. The van der Waals surface area contributed by atoms with Gasteiger partial charge < -0.3 is 24.8 Å². The number of benzene rings is 3. The smallest absolute Gasteiger partial charge is 0.295 e. The molecular weight excluding hydrogens is 482 g/mol. The minimum Gasteiger partial charge on any atom is -0.507 e. The molecule has 0 radical (unpaired) electrons. The van der Waals surface area contributed by atoms with Crippen LogP contribution >= 0.6 is 0 Å². The molecule has 0 bridgehead atoms. The summed E-state index contributed by atoms with van der Waals surface area (Å²) in [6.07, 6.45) is 0. The molecule has 0 saturated carbocycles. The molecule has 0 aliphatic carbocycles. The number of nitrogens with zero attached hydrogens (tertiary/aromatic N) is 2. The SMILES string of the molecule is COc1ccc(/C(O)=C2\C(=O)C(=O)N(CCN3CCNCC3)C2c2cccc(Oc3ccccc3)c2)cc1.